The maximum atomic E-state index is 11.9. The van der Waals surface area contributed by atoms with Crippen molar-refractivity contribution in [3.63, 3.8) is 0 Å². The van der Waals surface area contributed by atoms with Gasteiger partial charge in [0.2, 0.25) is 5.91 Å². The third-order valence-electron chi connectivity index (χ3n) is 3.16. The summed E-state index contributed by atoms with van der Waals surface area (Å²) in [5, 5.41) is 6.00. The average Bonchev–Trinajstić information content (AvgIpc) is 2.78. The van der Waals surface area contributed by atoms with Gasteiger partial charge in [0, 0.05) is 28.1 Å². The van der Waals surface area contributed by atoms with Gasteiger partial charge < -0.3 is 15.4 Å². The minimum atomic E-state index is -0.0618. The van der Waals surface area contributed by atoms with Gasteiger partial charge in [-0.1, -0.05) is 6.07 Å². The predicted molar refractivity (Wildman–Crippen MR) is 87.1 cm³/mol. The van der Waals surface area contributed by atoms with Crippen LogP contribution in [0.3, 0.4) is 0 Å². The van der Waals surface area contributed by atoms with Crippen LogP contribution in [0.15, 0.2) is 30.3 Å². The SMILES string of the molecule is COc1cccc(NC(=O)CNCc2cc(C)c(C)s2)c1. The van der Waals surface area contributed by atoms with Crippen molar-refractivity contribution in [2.75, 3.05) is 19.0 Å². The molecule has 112 valence electrons. The minimum absolute atomic E-state index is 0.0618. The van der Waals surface area contributed by atoms with Gasteiger partial charge in [0.25, 0.3) is 0 Å². The number of carbonyl (C=O) groups is 1. The second-order valence-electron chi connectivity index (χ2n) is 4.84. The van der Waals surface area contributed by atoms with E-state index < -0.39 is 0 Å². The third kappa shape index (κ3) is 4.58. The molecule has 0 bridgehead atoms. The molecular weight excluding hydrogens is 284 g/mol. The molecule has 0 atom stereocenters. The molecule has 0 unspecified atom stereocenters. The summed E-state index contributed by atoms with van der Waals surface area (Å²) in [7, 11) is 1.60. The maximum absolute atomic E-state index is 11.9. The Hall–Kier alpha value is -1.85. The van der Waals surface area contributed by atoms with Gasteiger partial charge in [-0.2, -0.15) is 0 Å². The summed E-state index contributed by atoms with van der Waals surface area (Å²) in [4.78, 5) is 14.4. The number of benzene rings is 1. The summed E-state index contributed by atoms with van der Waals surface area (Å²) >= 11 is 1.76. The van der Waals surface area contributed by atoms with E-state index in [9.17, 15) is 4.79 Å². The zero-order valence-electron chi connectivity index (χ0n) is 12.5. The van der Waals surface area contributed by atoms with Crippen molar-refractivity contribution < 1.29 is 9.53 Å². The van der Waals surface area contributed by atoms with Gasteiger partial charge in [-0.3, -0.25) is 4.79 Å². The fraction of sp³-hybridized carbons (Fsp3) is 0.312. The molecule has 5 heteroatoms. The maximum Gasteiger partial charge on any atom is 0.238 e. The molecule has 0 aliphatic rings. The van der Waals surface area contributed by atoms with Crippen molar-refractivity contribution in [3.05, 3.63) is 45.6 Å². The Morgan fingerprint density at radius 1 is 1.29 bits per heavy atom. The number of aryl methyl sites for hydroxylation is 2. The quantitative estimate of drug-likeness (QED) is 0.862. The Balaban J connectivity index is 1.79. The molecule has 2 N–H and O–H groups in total. The number of hydrogen-bond donors (Lipinski definition) is 2. The first kappa shape index (κ1) is 15.5. The third-order valence-corrected chi connectivity index (χ3v) is 4.31. The standard InChI is InChI=1S/C16H20N2O2S/c1-11-7-15(21-12(11)2)9-17-10-16(19)18-13-5-4-6-14(8-13)20-3/h4-8,17H,9-10H2,1-3H3,(H,18,19). The Bertz CT molecular complexity index is 603. The molecule has 2 rings (SSSR count). The molecule has 1 aromatic heterocycles. The Labute approximate surface area is 129 Å². The van der Waals surface area contributed by atoms with Crippen LogP contribution in [0.1, 0.15) is 15.3 Å². The first-order chi connectivity index (χ1) is 10.1. The summed E-state index contributed by atoms with van der Waals surface area (Å²) in [6.07, 6.45) is 0. The Morgan fingerprint density at radius 3 is 2.76 bits per heavy atom. The number of anilines is 1. The highest BCUT2D eigenvalue weighted by molar-refractivity contribution is 7.12. The van der Waals surface area contributed by atoms with Crippen LogP contribution in [0.2, 0.25) is 0 Å². The summed E-state index contributed by atoms with van der Waals surface area (Å²) in [5.41, 5.74) is 2.04. The van der Waals surface area contributed by atoms with Gasteiger partial charge in [-0.15, -0.1) is 11.3 Å². The van der Waals surface area contributed by atoms with E-state index in [1.807, 2.05) is 18.2 Å². The smallest absolute Gasteiger partial charge is 0.238 e. The zero-order valence-corrected chi connectivity index (χ0v) is 13.3. The highest BCUT2D eigenvalue weighted by atomic mass is 32.1. The molecule has 1 heterocycles. The number of rotatable bonds is 6. The van der Waals surface area contributed by atoms with E-state index in [0.717, 1.165) is 11.4 Å². The summed E-state index contributed by atoms with van der Waals surface area (Å²) in [6, 6.07) is 9.48. The van der Waals surface area contributed by atoms with Gasteiger partial charge >= 0.3 is 0 Å². The van der Waals surface area contributed by atoms with Crippen LogP contribution in [0.25, 0.3) is 0 Å². The number of hydrogen-bond acceptors (Lipinski definition) is 4. The van der Waals surface area contributed by atoms with E-state index in [-0.39, 0.29) is 12.5 Å². The lowest BCUT2D eigenvalue weighted by molar-refractivity contribution is -0.115. The second-order valence-corrected chi connectivity index (χ2v) is 6.18. The molecule has 4 nitrogen and oxygen atoms in total. The van der Waals surface area contributed by atoms with Crippen LogP contribution >= 0.6 is 11.3 Å². The summed E-state index contributed by atoms with van der Waals surface area (Å²) in [6.45, 7) is 5.21. The monoisotopic (exact) mass is 304 g/mol. The molecule has 1 amide bonds. The van der Waals surface area contributed by atoms with E-state index in [0.29, 0.717) is 6.54 Å². The van der Waals surface area contributed by atoms with Crippen molar-refractivity contribution in [1.29, 1.82) is 0 Å². The molecule has 0 aliphatic carbocycles. The van der Waals surface area contributed by atoms with Gasteiger partial charge in [0.1, 0.15) is 5.75 Å². The summed E-state index contributed by atoms with van der Waals surface area (Å²) < 4.78 is 5.12. The van der Waals surface area contributed by atoms with Gasteiger partial charge in [-0.05, 0) is 37.6 Å². The minimum Gasteiger partial charge on any atom is -0.497 e. The van der Waals surface area contributed by atoms with Crippen molar-refractivity contribution in [3.8, 4) is 5.75 Å². The average molecular weight is 304 g/mol. The molecule has 0 spiro atoms. The van der Waals surface area contributed by atoms with Crippen LogP contribution in [0.5, 0.6) is 5.75 Å². The molecule has 0 saturated heterocycles. The number of ether oxygens (including phenoxy) is 1. The lowest BCUT2D eigenvalue weighted by atomic mass is 10.3. The molecule has 1 aromatic carbocycles. The molecule has 0 saturated carbocycles. The van der Waals surface area contributed by atoms with Gasteiger partial charge in [0.05, 0.1) is 13.7 Å². The van der Waals surface area contributed by atoms with E-state index in [2.05, 4.69) is 30.5 Å². The largest absolute Gasteiger partial charge is 0.497 e. The van der Waals surface area contributed by atoms with Crippen molar-refractivity contribution in [1.82, 2.24) is 5.32 Å². The zero-order chi connectivity index (χ0) is 15.2. The number of carbonyl (C=O) groups excluding carboxylic acids is 1. The second kappa shape index (κ2) is 7.24. The Kier molecular flexibility index (Phi) is 5.36. The summed E-state index contributed by atoms with van der Waals surface area (Å²) in [5.74, 6) is 0.665. The first-order valence-electron chi connectivity index (χ1n) is 6.79. The van der Waals surface area contributed by atoms with E-state index >= 15 is 0 Å². The lowest BCUT2D eigenvalue weighted by Crippen LogP contribution is -2.27. The normalized spacial score (nSPS) is 10.4. The fourth-order valence-electron chi connectivity index (χ4n) is 1.94. The van der Waals surface area contributed by atoms with Crippen LogP contribution in [-0.4, -0.2) is 19.6 Å². The van der Waals surface area contributed by atoms with Crippen molar-refractivity contribution >= 4 is 22.9 Å². The van der Waals surface area contributed by atoms with Gasteiger partial charge in [0.15, 0.2) is 0 Å². The molecule has 21 heavy (non-hydrogen) atoms. The number of nitrogens with one attached hydrogen (secondary N) is 2. The number of thiophene rings is 1. The van der Waals surface area contributed by atoms with Crippen LogP contribution < -0.4 is 15.4 Å². The molecular formula is C16H20N2O2S. The van der Waals surface area contributed by atoms with Crippen LogP contribution in [-0.2, 0) is 11.3 Å². The Morgan fingerprint density at radius 2 is 2.10 bits per heavy atom. The molecule has 0 aliphatic heterocycles. The van der Waals surface area contributed by atoms with E-state index in [1.165, 1.54) is 15.3 Å². The lowest BCUT2D eigenvalue weighted by Gasteiger charge is -2.07. The highest BCUT2D eigenvalue weighted by Crippen LogP contribution is 2.20. The molecule has 0 fully saturated rings. The fourth-order valence-corrected chi connectivity index (χ4v) is 2.97. The van der Waals surface area contributed by atoms with Crippen LogP contribution in [0.4, 0.5) is 5.69 Å². The van der Waals surface area contributed by atoms with Crippen LogP contribution in [0, 0.1) is 13.8 Å². The van der Waals surface area contributed by atoms with E-state index in [4.69, 9.17) is 4.74 Å². The number of amides is 1. The van der Waals surface area contributed by atoms with Crippen molar-refractivity contribution in [2.45, 2.75) is 20.4 Å². The highest BCUT2D eigenvalue weighted by Gasteiger charge is 2.05. The molecule has 2 aromatic rings. The predicted octanol–water partition coefficient (Wildman–Crippen LogP) is 3.10. The number of methoxy groups -OCH3 is 1. The van der Waals surface area contributed by atoms with E-state index in [1.54, 1.807) is 24.5 Å². The first-order valence-corrected chi connectivity index (χ1v) is 7.60. The van der Waals surface area contributed by atoms with Crippen molar-refractivity contribution in [2.24, 2.45) is 0 Å². The van der Waals surface area contributed by atoms with Gasteiger partial charge in [-0.25, -0.2) is 0 Å². The molecule has 0 radical (unpaired) electrons. The topological polar surface area (TPSA) is 50.4 Å².